The van der Waals surface area contributed by atoms with E-state index >= 15 is 0 Å². The molecule has 0 spiro atoms. The van der Waals surface area contributed by atoms with Gasteiger partial charge in [0, 0.05) is 18.0 Å². The number of ether oxygens (including phenoxy) is 1. The lowest BCUT2D eigenvalue weighted by Crippen LogP contribution is -1.93. The molecule has 0 atom stereocenters. The van der Waals surface area contributed by atoms with Crippen molar-refractivity contribution in [1.29, 1.82) is 0 Å². The second-order valence-electron chi connectivity index (χ2n) is 8.50. The van der Waals surface area contributed by atoms with Crippen molar-refractivity contribution < 1.29 is 4.74 Å². The molecule has 1 heterocycles. The van der Waals surface area contributed by atoms with Gasteiger partial charge in [0.15, 0.2) is 5.82 Å². The normalized spacial score (nSPS) is 11.3. The number of aryl methyl sites for hydroxylation is 1. The number of aromatic nitrogens is 2. The smallest absolute Gasteiger partial charge is 0.159 e. The Hall–Kier alpha value is -2.16. The van der Waals surface area contributed by atoms with Crippen molar-refractivity contribution in [3.8, 4) is 17.1 Å². The van der Waals surface area contributed by atoms with Crippen LogP contribution in [0.15, 0.2) is 49.0 Å². The van der Waals surface area contributed by atoms with Gasteiger partial charge in [0.2, 0.25) is 0 Å². The quantitative estimate of drug-likeness (QED) is 0.189. The van der Waals surface area contributed by atoms with E-state index in [0.29, 0.717) is 0 Å². The fourth-order valence-electron chi connectivity index (χ4n) is 3.66. The van der Waals surface area contributed by atoms with E-state index in [9.17, 15) is 0 Å². The van der Waals surface area contributed by atoms with Crippen molar-refractivity contribution in [2.24, 2.45) is 0 Å². The number of unbranched alkanes of at least 4 members (excludes halogenated alkanes) is 11. The van der Waals surface area contributed by atoms with Gasteiger partial charge in [-0.1, -0.05) is 78.1 Å². The van der Waals surface area contributed by atoms with E-state index in [0.717, 1.165) is 30.0 Å². The average molecular weight is 423 g/mol. The fraction of sp³-hybridized carbons (Fsp3) is 0.571. The third kappa shape index (κ3) is 11.1. The van der Waals surface area contributed by atoms with E-state index in [1.54, 1.807) is 0 Å². The van der Waals surface area contributed by atoms with E-state index < -0.39 is 0 Å². The van der Waals surface area contributed by atoms with E-state index in [-0.39, 0.29) is 0 Å². The molecule has 0 radical (unpaired) electrons. The van der Waals surface area contributed by atoms with Crippen LogP contribution in [0.5, 0.6) is 5.75 Å². The second-order valence-corrected chi connectivity index (χ2v) is 8.50. The Kier molecular flexibility index (Phi) is 13.4. The molecule has 0 aliphatic carbocycles. The summed E-state index contributed by atoms with van der Waals surface area (Å²) < 4.78 is 5.71. The summed E-state index contributed by atoms with van der Waals surface area (Å²) in [6.45, 7) is 4.51. The van der Waals surface area contributed by atoms with Crippen molar-refractivity contribution in [2.75, 3.05) is 0 Å². The van der Waals surface area contributed by atoms with E-state index in [1.807, 2.05) is 42.9 Å². The van der Waals surface area contributed by atoms with E-state index in [2.05, 4.69) is 29.9 Å². The maximum Gasteiger partial charge on any atom is 0.159 e. The first-order valence-corrected chi connectivity index (χ1v) is 12.6. The lowest BCUT2D eigenvalue weighted by atomic mass is 10.1. The highest BCUT2D eigenvalue weighted by molar-refractivity contribution is 5.55. The molecule has 1 aromatic carbocycles. The minimum absolute atomic E-state index is 0.775. The summed E-state index contributed by atoms with van der Waals surface area (Å²) in [5, 5.41) is 0. The predicted octanol–water partition coefficient (Wildman–Crippen LogP) is 8.69. The molecule has 0 aliphatic heterocycles. The first-order chi connectivity index (χ1) is 15.3. The molecule has 3 nitrogen and oxygen atoms in total. The Bertz CT molecular complexity index is 707. The first-order valence-electron chi connectivity index (χ1n) is 12.6. The van der Waals surface area contributed by atoms with Gasteiger partial charge >= 0.3 is 0 Å². The Morgan fingerprint density at radius 2 is 1.29 bits per heavy atom. The number of allylic oxidation sites excluding steroid dienone is 1. The maximum atomic E-state index is 5.71. The van der Waals surface area contributed by atoms with Gasteiger partial charge in [-0.3, -0.25) is 0 Å². The predicted molar refractivity (Wildman–Crippen MR) is 132 cm³/mol. The summed E-state index contributed by atoms with van der Waals surface area (Å²) in [6.07, 6.45) is 25.9. The van der Waals surface area contributed by atoms with E-state index in [4.69, 9.17) is 4.74 Å². The standard InChI is InChI=1S/C28H42N2O/c1-3-5-7-9-11-13-15-17-25-23-29-28(30-24-25)26-18-20-27(21-19-26)31-22-16-14-12-10-8-6-4-2/h16,18-24H,3-15,17H2,1-2H3. The number of hydrogen-bond donors (Lipinski definition) is 0. The van der Waals surface area contributed by atoms with Crippen LogP contribution in [0.3, 0.4) is 0 Å². The van der Waals surface area contributed by atoms with Crippen LogP contribution in [0.2, 0.25) is 0 Å². The minimum Gasteiger partial charge on any atom is -0.465 e. The zero-order valence-electron chi connectivity index (χ0n) is 19.8. The first kappa shape index (κ1) is 25.1. The van der Waals surface area contributed by atoms with Gasteiger partial charge < -0.3 is 4.74 Å². The van der Waals surface area contributed by atoms with Gasteiger partial charge in [0.1, 0.15) is 5.75 Å². The topological polar surface area (TPSA) is 35.0 Å². The highest BCUT2D eigenvalue weighted by Crippen LogP contribution is 2.20. The third-order valence-corrected chi connectivity index (χ3v) is 5.66. The summed E-state index contributed by atoms with van der Waals surface area (Å²) in [6, 6.07) is 8.02. The molecule has 0 aliphatic rings. The van der Waals surface area contributed by atoms with Crippen LogP contribution in [-0.2, 0) is 6.42 Å². The summed E-state index contributed by atoms with van der Waals surface area (Å²) in [5.41, 5.74) is 2.26. The third-order valence-electron chi connectivity index (χ3n) is 5.66. The van der Waals surface area contributed by atoms with Gasteiger partial charge in [0.05, 0.1) is 6.26 Å². The van der Waals surface area contributed by atoms with Crippen LogP contribution >= 0.6 is 0 Å². The summed E-state index contributed by atoms with van der Waals surface area (Å²) >= 11 is 0. The largest absolute Gasteiger partial charge is 0.465 e. The Balaban J connectivity index is 1.67. The van der Waals surface area contributed by atoms with Gasteiger partial charge in [-0.25, -0.2) is 9.97 Å². The van der Waals surface area contributed by atoms with Crippen molar-refractivity contribution >= 4 is 0 Å². The molecule has 1 aromatic heterocycles. The van der Waals surface area contributed by atoms with Gasteiger partial charge in [0.25, 0.3) is 0 Å². The average Bonchev–Trinajstić information content (AvgIpc) is 2.81. The Morgan fingerprint density at radius 3 is 1.94 bits per heavy atom. The molecule has 0 unspecified atom stereocenters. The highest BCUT2D eigenvalue weighted by atomic mass is 16.5. The number of nitrogens with zero attached hydrogens (tertiary/aromatic N) is 2. The number of benzene rings is 1. The zero-order chi connectivity index (χ0) is 22.0. The molecule has 0 N–H and O–H groups in total. The molecule has 0 fully saturated rings. The number of hydrogen-bond acceptors (Lipinski definition) is 3. The van der Waals surface area contributed by atoms with Crippen molar-refractivity contribution in [3.05, 3.63) is 54.6 Å². The molecular weight excluding hydrogens is 380 g/mol. The zero-order valence-corrected chi connectivity index (χ0v) is 19.8. The lowest BCUT2D eigenvalue weighted by molar-refractivity contribution is 0.477. The van der Waals surface area contributed by atoms with Crippen LogP contribution in [0.1, 0.15) is 103 Å². The summed E-state index contributed by atoms with van der Waals surface area (Å²) in [5.74, 6) is 1.62. The molecular formula is C28H42N2O. The van der Waals surface area contributed by atoms with Crippen molar-refractivity contribution in [3.63, 3.8) is 0 Å². The highest BCUT2D eigenvalue weighted by Gasteiger charge is 2.03. The van der Waals surface area contributed by atoms with Gasteiger partial charge in [-0.05, 0) is 61.6 Å². The minimum atomic E-state index is 0.775. The molecule has 2 rings (SSSR count). The Labute approximate surface area is 190 Å². The summed E-state index contributed by atoms with van der Waals surface area (Å²) in [7, 11) is 0. The lowest BCUT2D eigenvalue weighted by Gasteiger charge is -2.05. The SMILES string of the molecule is CCCCCCCC=COc1ccc(-c2ncc(CCCCCCCCC)cn2)cc1. The monoisotopic (exact) mass is 422 g/mol. The van der Waals surface area contributed by atoms with Crippen LogP contribution < -0.4 is 4.74 Å². The molecule has 31 heavy (non-hydrogen) atoms. The molecule has 0 bridgehead atoms. The van der Waals surface area contributed by atoms with Crippen LogP contribution in [0.4, 0.5) is 0 Å². The van der Waals surface area contributed by atoms with Gasteiger partial charge in [-0.2, -0.15) is 0 Å². The van der Waals surface area contributed by atoms with Crippen LogP contribution in [0, 0.1) is 0 Å². The fourth-order valence-corrected chi connectivity index (χ4v) is 3.66. The van der Waals surface area contributed by atoms with Crippen LogP contribution in [0.25, 0.3) is 11.4 Å². The molecule has 0 saturated carbocycles. The van der Waals surface area contributed by atoms with E-state index in [1.165, 1.54) is 82.6 Å². The second kappa shape index (κ2) is 16.5. The molecule has 170 valence electrons. The van der Waals surface area contributed by atoms with Crippen molar-refractivity contribution in [1.82, 2.24) is 9.97 Å². The molecule has 2 aromatic rings. The van der Waals surface area contributed by atoms with Crippen molar-refractivity contribution in [2.45, 2.75) is 104 Å². The van der Waals surface area contributed by atoms with Gasteiger partial charge in [-0.15, -0.1) is 0 Å². The number of rotatable bonds is 17. The molecule has 0 saturated heterocycles. The maximum absolute atomic E-state index is 5.71. The molecule has 0 amide bonds. The molecule has 3 heteroatoms. The Morgan fingerprint density at radius 1 is 0.710 bits per heavy atom. The van der Waals surface area contributed by atoms with Crippen LogP contribution in [-0.4, -0.2) is 9.97 Å². The summed E-state index contributed by atoms with van der Waals surface area (Å²) in [4.78, 5) is 9.14.